The summed E-state index contributed by atoms with van der Waals surface area (Å²) >= 11 is 0. The zero-order valence-electron chi connectivity index (χ0n) is 11.9. The van der Waals surface area contributed by atoms with Crippen LogP contribution >= 0.6 is 0 Å². The third-order valence-corrected chi connectivity index (χ3v) is 3.61. The van der Waals surface area contributed by atoms with Crippen LogP contribution in [0.4, 0.5) is 0 Å². The largest absolute Gasteiger partial charge is 0.400 e. The Labute approximate surface area is 100 Å². The first-order chi connectivity index (χ1) is 7.17. The fourth-order valence-electron chi connectivity index (χ4n) is 2.82. The number of rotatable bonds is 1. The second kappa shape index (κ2) is 5.48. The second-order valence-electron chi connectivity index (χ2n) is 6.35. The Hall–Kier alpha value is -0.120. The van der Waals surface area contributed by atoms with Crippen LogP contribution in [0.15, 0.2) is 0 Å². The third kappa shape index (κ3) is 3.44. The van der Waals surface area contributed by atoms with Crippen molar-refractivity contribution in [2.24, 2.45) is 11.8 Å². The van der Waals surface area contributed by atoms with Gasteiger partial charge in [-0.2, -0.15) is 5.06 Å². The molecule has 1 heterocycles. The maximum Gasteiger partial charge on any atom is 0.0413 e. The van der Waals surface area contributed by atoms with E-state index in [9.17, 15) is 5.21 Å². The molecule has 16 heavy (non-hydrogen) atoms. The smallest absolute Gasteiger partial charge is 0.0413 e. The number of nitrogens with zero attached hydrogens (tertiary/aromatic N) is 1. The average Bonchev–Trinajstić information content (AvgIpc) is 2.16. The summed E-state index contributed by atoms with van der Waals surface area (Å²) in [7, 11) is 1.00. The van der Waals surface area contributed by atoms with Crippen LogP contribution in [0.2, 0.25) is 0 Å². The lowest BCUT2D eigenvalue weighted by molar-refractivity contribution is -0.253. The number of aliphatic hydroxyl groups is 1. The molecule has 0 aliphatic carbocycles. The molecule has 0 atom stereocenters. The number of hydroxylamine groups is 2. The van der Waals surface area contributed by atoms with E-state index < -0.39 is 0 Å². The first-order valence-electron chi connectivity index (χ1n) is 6.11. The zero-order chi connectivity index (χ0) is 13.1. The van der Waals surface area contributed by atoms with Gasteiger partial charge in [0.05, 0.1) is 0 Å². The van der Waals surface area contributed by atoms with E-state index in [0.717, 1.165) is 25.9 Å². The highest BCUT2D eigenvalue weighted by Gasteiger charge is 2.45. The minimum absolute atomic E-state index is 0.0866. The summed E-state index contributed by atoms with van der Waals surface area (Å²) in [6.45, 7) is 13.1. The molecule has 0 aromatic rings. The van der Waals surface area contributed by atoms with E-state index >= 15 is 0 Å². The summed E-state index contributed by atoms with van der Waals surface area (Å²) in [5.41, 5.74) is -0.173. The lowest BCUT2D eigenvalue weighted by atomic mass is 9.71. The van der Waals surface area contributed by atoms with Gasteiger partial charge in [0.25, 0.3) is 0 Å². The first-order valence-corrected chi connectivity index (χ1v) is 6.11. The topological polar surface area (TPSA) is 43.7 Å². The summed E-state index contributed by atoms with van der Waals surface area (Å²) < 4.78 is 0. The molecule has 0 amide bonds. The molecule has 3 heteroatoms. The van der Waals surface area contributed by atoms with Gasteiger partial charge in [-0.25, -0.2) is 0 Å². The van der Waals surface area contributed by atoms with Crippen molar-refractivity contribution in [3.8, 4) is 0 Å². The zero-order valence-corrected chi connectivity index (χ0v) is 11.9. The van der Waals surface area contributed by atoms with Crippen molar-refractivity contribution >= 4 is 0 Å². The normalized spacial score (nSPS) is 25.1. The highest BCUT2D eigenvalue weighted by Crippen LogP contribution is 2.42. The molecule has 3 nitrogen and oxygen atoms in total. The monoisotopic (exact) mass is 231 g/mol. The molecule has 0 aromatic carbocycles. The molecule has 0 unspecified atom stereocenters. The summed E-state index contributed by atoms with van der Waals surface area (Å²) in [6, 6.07) is 0. The minimum Gasteiger partial charge on any atom is -0.400 e. The first kappa shape index (κ1) is 15.9. The van der Waals surface area contributed by atoms with Crippen molar-refractivity contribution in [1.82, 2.24) is 5.06 Å². The molecular formula is C13H29NO2. The molecule has 0 saturated carbocycles. The van der Waals surface area contributed by atoms with Crippen LogP contribution in [0.1, 0.15) is 54.4 Å². The van der Waals surface area contributed by atoms with Crippen molar-refractivity contribution < 1.29 is 10.3 Å². The summed E-state index contributed by atoms with van der Waals surface area (Å²) in [6.07, 6.45) is 2.18. The third-order valence-electron chi connectivity index (χ3n) is 3.61. The van der Waals surface area contributed by atoms with Crippen LogP contribution in [0, 0.1) is 11.8 Å². The van der Waals surface area contributed by atoms with E-state index in [1.165, 1.54) is 0 Å². The van der Waals surface area contributed by atoms with Gasteiger partial charge in [0.1, 0.15) is 0 Å². The van der Waals surface area contributed by atoms with E-state index in [1.807, 2.05) is 0 Å². The Morgan fingerprint density at radius 2 is 1.31 bits per heavy atom. The van der Waals surface area contributed by atoms with Gasteiger partial charge >= 0.3 is 0 Å². The Kier molecular flexibility index (Phi) is 5.44. The van der Waals surface area contributed by atoms with Crippen molar-refractivity contribution in [3.05, 3.63) is 0 Å². The molecule has 1 fully saturated rings. The Morgan fingerprint density at radius 3 is 1.56 bits per heavy atom. The highest BCUT2D eigenvalue weighted by molar-refractivity contribution is 4.96. The van der Waals surface area contributed by atoms with Gasteiger partial charge in [-0.1, -0.05) is 13.8 Å². The molecule has 2 N–H and O–H groups in total. The average molecular weight is 231 g/mol. The van der Waals surface area contributed by atoms with Gasteiger partial charge in [0.15, 0.2) is 0 Å². The highest BCUT2D eigenvalue weighted by atomic mass is 16.5. The predicted molar refractivity (Wildman–Crippen MR) is 67.5 cm³/mol. The minimum atomic E-state index is -0.0866. The van der Waals surface area contributed by atoms with Gasteiger partial charge in [0.2, 0.25) is 0 Å². The van der Waals surface area contributed by atoms with Crippen LogP contribution in [-0.4, -0.2) is 33.6 Å². The Bertz CT molecular complexity index is 194. The van der Waals surface area contributed by atoms with Gasteiger partial charge in [-0.3, -0.25) is 0 Å². The molecule has 1 aliphatic heterocycles. The fraction of sp³-hybridized carbons (Fsp3) is 1.00. The van der Waals surface area contributed by atoms with Crippen LogP contribution in [-0.2, 0) is 0 Å². The predicted octanol–water partition coefficient (Wildman–Crippen LogP) is 2.91. The quantitative estimate of drug-likeness (QED) is 0.729. The van der Waals surface area contributed by atoms with E-state index in [4.69, 9.17) is 5.11 Å². The SMILES string of the molecule is CC(C)C1CC(C)(C)N(O)C(C)(C)C1.CO. The molecule has 0 spiro atoms. The summed E-state index contributed by atoms with van der Waals surface area (Å²) in [5.74, 6) is 1.44. The van der Waals surface area contributed by atoms with E-state index in [-0.39, 0.29) is 11.1 Å². The van der Waals surface area contributed by atoms with E-state index in [0.29, 0.717) is 5.92 Å². The maximum atomic E-state index is 10.1. The molecule has 0 radical (unpaired) electrons. The molecule has 98 valence electrons. The Balaban J connectivity index is 0.00000106. The van der Waals surface area contributed by atoms with E-state index in [1.54, 1.807) is 5.06 Å². The number of hydrogen-bond donors (Lipinski definition) is 2. The van der Waals surface area contributed by atoms with Crippen molar-refractivity contribution in [2.45, 2.75) is 65.5 Å². The molecule has 0 bridgehead atoms. The van der Waals surface area contributed by atoms with E-state index in [2.05, 4.69) is 41.5 Å². The fourth-order valence-corrected chi connectivity index (χ4v) is 2.82. The second-order valence-corrected chi connectivity index (χ2v) is 6.35. The molecule has 1 aliphatic rings. The van der Waals surface area contributed by atoms with Crippen LogP contribution in [0.3, 0.4) is 0 Å². The van der Waals surface area contributed by atoms with Gasteiger partial charge in [0, 0.05) is 18.2 Å². The van der Waals surface area contributed by atoms with Crippen LogP contribution in [0.25, 0.3) is 0 Å². The molecular weight excluding hydrogens is 202 g/mol. The number of piperidine rings is 1. The van der Waals surface area contributed by atoms with Crippen molar-refractivity contribution in [3.63, 3.8) is 0 Å². The van der Waals surface area contributed by atoms with Crippen LogP contribution < -0.4 is 0 Å². The standard InChI is InChI=1S/C12H25NO.CH4O/c1-9(2)10-7-11(3,4)13(14)12(5,6)8-10;1-2/h9-10,14H,7-8H2,1-6H3;2H,1H3. The van der Waals surface area contributed by atoms with Gasteiger partial charge < -0.3 is 10.3 Å². The van der Waals surface area contributed by atoms with Crippen molar-refractivity contribution in [2.75, 3.05) is 7.11 Å². The summed E-state index contributed by atoms with van der Waals surface area (Å²) in [4.78, 5) is 0. The lowest BCUT2D eigenvalue weighted by Gasteiger charge is -2.52. The number of hydrogen-bond acceptors (Lipinski definition) is 3. The molecule has 1 rings (SSSR count). The lowest BCUT2D eigenvalue weighted by Crippen LogP contribution is -2.59. The van der Waals surface area contributed by atoms with Crippen molar-refractivity contribution in [1.29, 1.82) is 0 Å². The Morgan fingerprint density at radius 1 is 1.00 bits per heavy atom. The maximum absolute atomic E-state index is 10.1. The molecule has 0 aromatic heterocycles. The van der Waals surface area contributed by atoms with Gasteiger partial charge in [-0.15, -0.1) is 0 Å². The summed E-state index contributed by atoms with van der Waals surface area (Å²) in [5, 5.41) is 18.7. The number of aliphatic hydroxyl groups excluding tert-OH is 1. The van der Waals surface area contributed by atoms with Crippen LogP contribution in [0.5, 0.6) is 0 Å². The van der Waals surface area contributed by atoms with Gasteiger partial charge in [-0.05, 0) is 52.4 Å². The molecule has 1 saturated heterocycles.